The van der Waals surface area contributed by atoms with Crippen molar-refractivity contribution in [2.75, 3.05) is 18.5 Å². The molecule has 2 amide bonds. The van der Waals surface area contributed by atoms with E-state index in [0.29, 0.717) is 12.2 Å². The van der Waals surface area contributed by atoms with Crippen molar-refractivity contribution in [3.63, 3.8) is 0 Å². The molecular weight excluding hydrogens is 488 g/mol. The smallest absolute Gasteiger partial charge is 0.342 e. The van der Waals surface area contributed by atoms with Gasteiger partial charge in [-0.1, -0.05) is 57.9 Å². The first-order valence-electron chi connectivity index (χ1n) is 10.2. The number of carbonyl (C=O) groups excluding carboxylic acids is 3. The minimum atomic E-state index is -0.718. The molecule has 0 heterocycles. The lowest BCUT2D eigenvalue weighted by Gasteiger charge is -2.12. The number of carbonyl (C=O) groups is 3. The van der Waals surface area contributed by atoms with E-state index in [1.54, 1.807) is 42.5 Å². The zero-order chi connectivity index (χ0) is 23.6. The van der Waals surface area contributed by atoms with E-state index in [1.807, 2.05) is 31.2 Å². The predicted octanol–water partition coefficient (Wildman–Crippen LogP) is 4.25. The van der Waals surface area contributed by atoms with E-state index in [2.05, 4.69) is 26.6 Å². The third kappa shape index (κ3) is 7.76. The Kier molecular flexibility index (Phi) is 8.60. The normalized spacial score (nSPS) is 10.2. The number of para-hydroxylation sites is 1. The molecule has 3 rings (SSSR count). The number of rotatable bonds is 9. The average molecular weight is 511 g/mol. The van der Waals surface area contributed by atoms with Gasteiger partial charge in [-0.05, 0) is 48.9 Å². The van der Waals surface area contributed by atoms with Crippen molar-refractivity contribution in [3.05, 3.63) is 94.0 Å². The largest absolute Gasteiger partial charge is 0.483 e. The number of hydrogen-bond donors (Lipinski definition) is 2. The zero-order valence-corrected chi connectivity index (χ0v) is 19.6. The first kappa shape index (κ1) is 24.0. The van der Waals surface area contributed by atoms with Gasteiger partial charge in [0.25, 0.3) is 11.8 Å². The van der Waals surface area contributed by atoms with Gasteiger partial charge in [-0.2, -0.15) is 0 Å². The van der Waals surface area contributed by atoms with Crippen LogP contribution >= 0.6 is 15.9 Å². The van der Waals surface area contributed by atoms with Gasteiger partial charge in [-0.3, -0.25) is 9.59 Å². The highest BCUT2D eigenvalue weighted by atomic mass is 79.9. The summed E-state index contributed by atoms with van der Waals surface area (Å²) in [7, 11) is 0. The molecule has 0 aromatic heterocycles. The van der Waals surface area contributed by atoms with Crippen molar-refractivity contribution in [2.24, 2.45) is 0 Å². The highest BCUT2D eigenvalue weighted by molar-refractivity contribution is 9.10. The van der Waals surface area contributed by atoms with Gasteiger partial charge >= 0.3 is 5.97 Å². The molecule has 0 saturated carbocycles. The van der Waals surface area contributed by atoms with E-state index >= 15 is 0 Å². The van der Waals surface area contributed by atoms with Crippen molar-refractivity contribution in [1.29, 1.82) is 0 Å². The average Bonchev–Trinajstić information content (AvgIpc) is 2.82. The van der Waals surface area contributed by atoms with E-state index in [9.17, 15) is 14.4 Å². The van der Waals surface area contributed by atoms with Gasteiger partial charge in [0.1, 0.15) is 11.3 Å². The Balaban J connectivity index is 1.48. The molecule has 170 valence electrons. The van der Waals surface area contributed by atoms with E-state index in [4.69, 9.17) is 9.47 Å². The number of aryl methyl sites for hydroxylation is 1. The second kappa shape index (κ2) is 11.8. The van der Waals surface area contributed by atoms with Gasteiger partial charge in [0, 0.05) is 16.7 Å². The highest BCUT2D eigenvalue weighted by Gasteiger charge is 2.16. The van der Waals surface area contributed by atoms with Crippen LogP contribution in [0.3, 0.4) is 0 Å². The second-order valence-electron chi connectivity index (χ2n) is 7.18. The Morgan fingerprint density at radius 1 is 0.848 bits per heavy atom. The Morgan fingerprint density at radius 3 is 2.27 bits per heavy atom. The van der Waals surface area contributed by atoms with Gasteiger partial charge in [0.2, 0.25) is 0 Å². The van der Waals surface area contributed by atoms with Crippen LogP contribution in [-0.4, -0.2) is 31.0 Å². The first-order valence-corrected chi connectivity index (χ1v) is 11.0. The fourth-order valence-corrected chi connectivity index (χ4v) is 3.07. The van der Waals surface area contributed by atoms with Crippen LogP contribution in [0.15, 0.2) is 77.3 Å². The number of amides is 2. The van der Waals surface area contributed by atoms with Gasteiger partial charge in [-0.25, -0.2) is 4.79 Å². The molecule has 0 spiro atoms. The molecule has 33 heavy (non-hydrogen) atoms. The van der Waals surface area contributed by atoms with Crippen LogP contribution in [0, 0.1) is 6.92 Å². The summed E-state index contributed by atoms with van der Waals surface area (Å²) in [5.41, 5.74) is 2.82. The lowest BCUT2D eigenvalue weighted by atomic mass is 10.1. The SMILES string of the molecule is Cc1ccc(CNC(=O)COC(=O)c2ccccc2OCC(=O)Nc2ccc(Br)cc2)cc1. The molecule has 0 aliphatic carbocycles. The molecule has 0 radical (unpaired) electrons. The molecule has 0 bridgehead atoms. The second-order valence-corrected chi connectivity index (χ2v) is 8.09. The summed E-state index contributed by atoms with van der Waals surface area (Å²) in [5, 5.41) is 5.41. The minimum Gasteiger partial charge on any atom is -0.483 e. The molecule has 7 nitrogen and oxygen atoms in total. The Hall–Kier alpha value is -3.65. The third-order valence-electron chi connectivity index (χ3n) is 4.54. The molecule has 2 N–H and O–H groups in total. The number of benzene rings is 3. The van der Waals surface area contributed by atoms with E-state index in [0.717, 1.165) is 15.6 Å². The van der Waals surface area contributed by atoms with Crippen LogP contribution in [0.5, 0.6) is 5.75 Å². The maximum atomic E-state index is 12.5. The number of hydrogen-bond acceptors (Lipinski definition) is 5. The lowest BCUT2D eigenvalue weighted by Crippen LogP contribution is -2.28. The monoisotopic (exact) mass is 510 g/mol. The van der Waals surface area contributed by atoms with Gasteiger partial charge in [0.15, 0.2) is 13.2 Å². The molecule has 3 aromatic carbocycles. The molecule has 0 unspecified atom stereocenters. The van der Waals surface area contributed by atoms with Crippen LogP contribution in [0.2, 0.25) is 0 Å². The highest BCUT2D eigenvalue weighted by Crippen LogP contribution is 2.19. The summed E-state index contributed by atoms with van der Waals surface area (Å²) < 4.78 is 11.5. The van der Waals surface area contributed by atoms with Crippen LogP contribution in [0.1, 0.15) is 21.5 Å². The van der Waals surface area contributed by atoms with E-state index in [-0.39, 0.29) is 23.8 Å². The van der Waals surface area contributed by atoms with Crippen molar-refractivity contribution < 1.29 is 23.9 Å². The number of esters is 1. The van der Waals surface area contributed by atoms with Crippen LogP contribution in [0.25, 0.3) is 0 Å². The predicted molar refractivity (Wildman–Crippen MR) is 128 cm³/mol. The Morgan fingerprint density at radius 2 is 1.55 bits per heavy atom. The fourth-order valence-electron chi connectivity index (χ4n) is 2.80. The molecule has 0 saturated heterocycles. The van der Waals surface area contributed by atoms with Crippen molar-refractivity contribution in [3.8, 4) is 5.75 Å². The van der Waals surface area contributed by atoms with Crippen molar-refractivity contribution in [1.82, 2.24) is 5.32 Å². The molecule has 0 aliphatic heterocycles. The van der Waals surface area contributed by atoms with Crippen molar-refractivity contribution >= 4 is 39.4 Å². The number of anilines is 1. The lowest BCUT2D eigenvalue weighted by molar-refractivity contribution is -0.124. The van der Waals surface area contributed by atoms with Gasteiger partial charge in [-0.15, -0.1) is 0 Å². The van der Waals surface area contributed by atoms with E-state index in [1.165, 1.54) is 6.07 Å². The zero-order valence-electron chi connectivity index (χ0n) is 18.0. The topological polar surface area (TPSA) is 93.7 Å². The summed E-state index contributed by atoms with van der Waals surface area (Å²) in [5.74, 6) is -1.33. The number of ether oxygens (including phenoxy) is 2. The van der Waals surface area contributed by atoms with Crippen LogP contribution in [0.4, 0.5) is 5.69 Å². The fraction of sp³-hybridized carbons (Fsp3) is 0.160. The maximum Gasteiger partial charge on any atom is 0.342 e. The van der Waals surface area contributed by atoms with Crippen LogP contribution < -0.4 is 15.4 Å². The summed E-state index contributed by atoms with van der Waals surface area (Å²) in [6, 6.07) is 21.2. The third-order valence-corrected chi connectivity index (χ3v) is 5.07. The van der Waals surface area contributed by atoms with Gasteiger partial charge < -0.3 is 20.1 Å². The van der Waals surface area contributed by atoms with Crippen LogP contribution in [-0.2, 0) is 20.9 Å². The summed E-state index contributed by atoms with van der Waals surface area (Å²) in [6.07, 6.45) is 0. The molecule has 8 heteroatoms. The number of nitrogens with one attached hydrogen (secondary N) is 2. The van der Waals surface area contributed by atoms with Gasteiger partial charge in [0.05, 0.1) is 0 Å². The molecule has 0 atom stereocenters. The molecular formula is C25H23BrN2O5. The Bertz CT molecular complexity index is 1110. The molecule has 0 aliphatic rings. The summed E-state index contributed by atoms with van der Waals surface area (Å²) in [4.78, 5) is 36.7. The Labute approximate surface area is 200 Å². The number of halogens is 1. The first-order chi connectivity index (χ1) is 15.9. The van der Waals surface area contributed by atoms with E-state index < -0.39 is 18.5 Å². The molecule has 0 fully saturated rings. The van der Waals surface area contributed by atoms with Crippen molar-refractivity contribution in [2.45, 2.75) is 13.5 Å². The standard InChI is InChI=1S/C25H23BrN2O5/c1-17-6-8-18(9-7-17)14-27-23(29)15-33-25(31)21-4-2-3-5-22(21)32-16-24(30)28-20-12-10-19(26)11-13-20/h2-13H,14-16H2,1H3,(H,27,29)(H,28,30). The molecule has 3 aromatic rings. The summed E-state index contributed by atoms with van der Waals surface area (Å²) in [6.45, 7) is 1.60. The minimum absolute atomic E-state index is 0.125. The maximum absolute atomic E-state index is 12.5. The summed E-state index contributed by atoms with van der Waals surface area (Å²) >= 11 is 3.33. The quantitative estimate of drug-likeness (QED) is 0.419.